The highest BCUT2D eigenvalue weighted by Crippen LogP contribution is 2.26. The van der Waals surface area contributed by atoms with Gasteiger partial charge in [0.1, 0.15) is 0 Å². The van der Waals surface area contributed by atoms with Crippen LogP contribution in [0.25, 0.3) is 11.5 Å². The van der Waals surface area contributed by atoms with Crippen molar-refractivity contribution in [3.63, 3.8) is 0 Å². The van der Waals surface area contributed by atoms with E-state index in [1.807, 2.05) is 20.8 Å². The zero-order chi connectivity index (χ0) is 18.6. The average Bonchev–Trinajstić information content (AvgIpc) is 3.03. The Morgan fingerprint density at radius 2 is 1.92 bits per heavy atom. The van der Waals surface area contributed by atoms with Crippen LogP contribution in [-0.2, 0) is 10.2 Å². The van der Waals surface area contributed by atoms with Gasteiger partial charge in [0, 0.05) is 25.4 Å². The third-order valence-electron chi connectivity index (χ3n) is 3.72. The fourth-order valence-corrected chi connectivity index (χ4v) is 2.27. The smallest absolute Gasteiger partial charge is 0.303 e. The second-order valence-corrected chi connectivity index (χ2v) is 6.94. The van der Waals surface area contributed by atoms with Crippen molar-refractivity contribution < 1.29 is 19.2 Å². The molecule has 0 aliphatic heterocycles. The average molecular weight is 345 g/mol. The molecule has 25 heavy (non-hydrogen) atoms. The number of hydrogen-bond acceptors (Lipinski definition) is 5. The number of carbonyl (C=O) groups is 2. The number of carbonyl (C=O) groups excluding carboxylic acids is 1. The Hall–Kier alpha value is -2.70. The first-order valence-electron chi connectivity index (χ1n) is 8.11. The molecule has 0 radical (unpaired) electrons. The summed E-state index contributed by atoms with van der Waals surface area (Å²) in [5.74, 6) is -0.217. The van der Waals surface area contributed by atoms with E-state index in [-0.39, 0.29) is 17.7 Å². The van der Waals surface area contributed by atoms with E-state index in [0.717, 1.165) is 0 Å². The van der Waals surface area contributed by atoms with Crippen LogP contribution in [0.2, 0.25) is 0 Å². The fourth-order valence-electron chi connectivity index (χ4n) is 2.27. The van der Waals surface area contributed by atoms with E-state index in [4.69, 9.17) is 9.63 Å². The van der Waals surface area contributed by atoms with E-state index in [9.17, 15) is 9.59 Å². The molecule has 0 aliphatic carbocycles. The van der Waals surface area contributed by atoms with Crippen LogP contribution in [0.1, 0.15) is 49.8 Å². The molecule has 0 aliphatic rings. The molecule has 1 amide bonds. The minimum atomic E-state index is -0.873. The summed E-state index contributed by atoms with van der Waals surface area (Å²) in [5, 5.41) is 12.7. The fraction of sp³-hybridized carbons (Fsp3) is 0.444. The quantitative estimate of drug-likeness (QED) is 0.864. The molecule has 2 rings (SSSR count). The lowest BCUT2D eigenvalue weighted by atomic mass is 9.96. The number of amides is 1. The van der Waals surface area contributed by atoms with E-state index < -0.39 is 5.97 Å². The first-order valence-corrected chi connectivity index (χ1v) is 8.11. The Morgan fingerprint density at radius 1 is 1.24 bits per heavy atom. The Kier molecular flexibility index (Phi) is 5.56. The van der Waals surface area contributed by atoms with Gasteiger partial charge in [0.05, 0.1) is 11.1 Å². The van der Waals surface area contributed by atoms with Gasteiger partial charge in [-0.15, -0.1) is 0 Å². The van der Waals surface area contributed by atoms with Crippen LogP contribution in [0.4, 0.5) is 0 Å². The lowest BCUT2D eigenvalue weighted by Crippen LogP contribution is -2.28. The standard InChI is InChI=1S/C18H23N3O4/c1-18(2,3)17-19-15(25-20-17)12-8-5-6-9-13(12)16(24)21(4)11-7-10-14(22)23/h5-6,8-9H,7,10-11H2,1-4H3,(H,22,23). The van der Waals surface area contributed by atoms with Crippen LogP contribution < -0.4 is 0 Å². The van der Waals surface area contributed by atoms with Crippen molar-refractivity contribution in [2.45, 2.75) is 39.0 Å². The zero-order valence-electron chi connectivity index (χ0n) is 14.9. The van der Waals surface area contributed by atoms with Gasteiger partial charge >= 0.3 is 5.97 Å². The molecular weight excluding hydrogens is 322 g/mol. The summed E-state index contributed by atoms with van der Waals surface area (Å²) in [6.45, 7) is 6.30. The predicted octanol–water partition coefficient (Wildman–Crippen LogP) is 2.97. The first kappa shape index (κ1) is 18.6. The van der Waals surface area contributed by atoms with Crippen LogP contribution in [-0.4, -0.2) is 45.6 Å². The highest BCUT2D eigenvalue weighted by Gasteiger charge is 2.24. The number of aromatic nitrogens is 2. The summed E-state index contributed by atoms with van der Waals surface area (Å²) in [6, 6.07) is 7.03. The minimum absolute atomic E-state index is 0.0257. The molecule has 7 nitrogen and oxygen atoms in total. The van der Waals surface area contributed by atoms with Gasteiger partial charge in [0.2, 0.25) is 0 Å². The molecule has 7 heteroatoms. The van der Waals surface area contributed by atoms with Crippen molar-refractivity contribution in [2.75, 3.05) is 13.6 Å². The topological polar surface area (TPSA) is 96.5 Å². The van der Waals surface area contributed by atoms with Crippen molar-refractivity contribution in [1.82, 2.24) is 15.0 Å². The first-order chi connectivity index (χ1) is 11.7. The number of carboxylic acid groups (broad SMARTS) is 1. The van der Waals surface area contributed by atoms with Crippen LogP contribution >= 0.6 is 0 Å². The SMILES string of the molecule is CN(CCCC(=O)O)C(=O)c1ccccc1-c1nc(C(C)(C)C)no1. The highest BCUT2D eigenvalue weighted by molar-refractivity contribution is 5.99. The Bertz CT molecular complexity index is 762. The van der Waals surface area contributed by atoms with Crippen molar-refractivity contribution >= 4 is 11.9 Å². The van der Waals surface area contributed by atoms with Crippen molar-refractivity contribution in [2.24, 2.45) is 0 Å². The number of hydrogen-bond donors (Lipinski definition) is 1. The number of nitrogens with zero attached hydrogens (tertiary/aromatic N) is 3. The lowest BCUT2D eigenvalue weighted by Gasteiger charge is -2.17. The van der Waals surface area contributed by atoms with Gasteiger partial charge in [-0.1, -0.05) is 38.1 Å². The van der Waals surface area contributed by atoms with Crippen LogP contribution in [0, 0.1) is 0 Å². The third-order valence-corrected chi connectivity index (χ3v) is 3.72. The summed E-state index contributed by atoms with van der Waals surface area (Å²) in [6.07, 6.45) is 0.423. The van der Waals surface area contributed by atoms with Gasteiger partial charge < -0.3 is 14.5 Å². The molecule has 0 bridgehead atoms. The van der Waals surface area contributed by atoms with Crippen molar-refractivity contribution in [3.8, 4) is 11.5 Å². The molecule has 1 N–H and O–H groups in total. The van der Waals surface area contributed by atoms with Gasteiger partial charge in [-0.2, -0.15) is 4.98 Å². The monoisotopic (exact) mass is 345 g/mol. The molecular formula is C18H23N3O4. The van der Waals surface area contributed by atoms with E-state index in [1.165, 1.54) is 4.90 Å². The van der Waals surface area contributed by atoms with Gasteiger partial charge in [-0.3, -0.25) is 9.59 Å². The number of rotatable bonds is 6. The molecule has 1 aromatic carbocycles. The summed E-state index contributed by atoms with van der Waals surface area (Å²) in [5.41, 5.74) is 0.763. The van der Waals surface area contributed by atoms with Crippen molar-refractivity contribution in [1.29, 1.82) is 0 Å². The molecule has 1 aromatic heterocycles. The van der Waals surface area contributed by atoms with Crippen molar-refractivity contribution in [3.05, 3.63) is 35.7 Å². The van der Waals surface area contributed by atoms with Crippen LogP contribution in [0.15, 0.2) is 28.8 Å². The Morgan fingerprint density at radius 3 is 2.52 bits per heavy atom. The van der Waals surface area contributed by atoms with Gasteiger partial charge in [-0.05, 0) is 18.6 Å². The normalized spacial score (nSPS) is 11.4. The molecule has 0 saturated carbocycles. The van der Waals surface area contributed by atoms with Gasteiger partial charge in [0.15, 0.2) is 5.82 Å². The predicted molar refractivity (Wildman–Crippen MR) is 92.3 cm³/mol. The summed E-state index contributed by atoms with van der Waals surface area (Å²) < 4.78 is 5.35. The summed E-state index contributed by atoms with van der Waals surface area (Å²) >= 11 is 0. The maximum atomic E-state index is 12.7. The lowest BCUT2D eigenvalue weighted by molar-refractivity contribution is -0.137. The number of benzene rings is 1. The summed E-state index contributed by atoms with van der Waals surface area (Å²) in [4.78, 5) is 29.2. The molecule has 2 aromatic rings. The van der Waals surface area contributed by atoms with Crippen LogP contribution in [0.3, 0.4) is 0 Å². The molecule has 134 valence electrons. The minimum Gasteiger partial charge on any atom is -0.481 e. The molecule has 1 heterocycles. The number of carboxylic acids is 1. The molecule has 0 fully saturated rings. The molecule has 0 saturated heterocycles. The number of aliphatic carboxylic acids is 1. The second-order valence-electron chi connectivity index (χ2n) is 6.94. The summed E-state index contributed by atoms with van der Waals surface area (Å²) in [7, 11) is 1.65. The third kappa shape index (κ3) is 4.65. The van der Waals surface area contributed by atoms with E-state index in [2.05, 4.69) is 10.1 Å². The second kappa shape index (κ2) is 7.46. The van der Waals surface area contributed by atoms with Gasteiger partial charge in [0.25, 0.3) is 11.8 Å². The zero-order valence-corrected chi connectivity index (χ0v) is 14.9. The maximum absolute atomic E-state index is 12.7. The molecule has 0 atom stereocenters. The van der Waals surface area contributed by atoms with E-state index in [0.29, 0.717) is 35.8 Å². The van der Waals surface area contributed by atoms with Gasteiger partial charge in [-0.25, -0.2) is 0 Å². The van der Waals surface area contributed by atoms with E-state index >= 15 is 0 Å². The Labute approximate surface area is 146 Å². The molecule has 0 unspecified atom stereocenters. The largest absolute Gasteiger partial charge is 0.481 e. The highest BCUT2D eigenvalue weighted by atomic mass is 16.5. The molecule has 0 spiro atoms. The van der Waals surface area contributed by atoms with E-state index in [1.54, 1.807) is 31.3 Å². The maximum Gasteiger partial charge on any atom is 0.303 e. The van der Waals surface area contributed by atoms with Crippen LogP contribution in [0.5, 0.6) is 0 Å². The Balaban J connectivity index is 2.24.